The molecule has 1 aliphatic rings. The molecule has 0 N–H and O–H groups in total. The molecule has 0 saturated heterocycles. The van der Waals surface area contributed by atoms with Gasteiger partial charge < -0.3 is 19.1 Å². The number of hydrogen-bond donors (Lipinski definition) is 0. The molecule has 38 heavy (non-hydrogen) atoms. The van der Waals surface area contributed by atoms with E-state index >= 15 is 0 Å². The fraction of sp³-hybridized carbons (Fsp3) is 0.300. The van der Waals surface area contributed by atoms with Crippen molar-refractivity contribution in [2.75, 3.05) is 28.0 Å². The van der Waals surface area contributed by atoms with Gasteiger partial charge in [0.25, 0.3) is 0 Å². The van der Waals surface area contributed by atoms with E-state index in [0.717, 1.165) is 64.3 Å². The van der Waals surface area contributed by atoms with Crippen LogP contribution in [0.5, 0.6) is 11.6 Å². The number of benzene rings is 2. The highest BCUT2D eigenvalue weighted by Gasteiger charge is 2.26. The van der Waals surface area contributed by atoms with Crippen molar-refractivity contribution in [3.8, 4) is 34.0 Å². The molecular weight excluding hydrogens is 480 g/mol. The minimum Gasteiger partial charge on any atom is -0.497 e. The maximum Gasteiger partial charge on any atom is 0.412 e. The lowest BCUT2D eigenvalue weighted by Crippen LogP contribution is -2.24. The van der Waals surface area contributed by atoms with Crippen LogP contribution >= 0.6 is 0 Å². The van der Waals surface area contributed by atoms with Crippen LogP contribution in [0, 0.1) is 6.92 Å². The van der Waals surface area contributed by atoms with E-state index in [1.807, 2.05) is 49.4 Å². The third kappa shape index (κ3) is 4.94. The summed E-state index contributed by atoms with van der Waals surface area (Å²) in [6.45, 7) is 1.70. The SMILES string of the molecule is COc1ccc(-c2c(C)nc3c(C4=CCCCC4)c(-c4ccccc4)nn3c2OCOC(=O)N(C)C)cc1. The molecule has 0 saturated carbocycles. The van der Waals surface area contributed by atoms with Crippen LogP contribution in [0.1, 0.15) is 36.9 Å². The van der Waals surface area contributed by atoms with Crippen molar-refractivity contribution in [1.82, 2.24) is 19.5 Å². The average Bonchev–Trinajstić information content (AvgIpc) is 3.33. The molecule has 0 atom stereocenters. The minimum absolute atomic E-state index is 0.267. The van der Waals surface area contributed by atoms with E-state index in [1.54, 1.807) is 25.7 Å². The highest BCUT2D eigenvalue weighted by atomic mass is 16.7. The molecule has 5 rings (SSSR count). The highest BCUT2D eigenvalue weighted by Crippen LogP contribution is 2.41. The number of ether oxygens (including phenoxy) is 3. The van der Waals surface area contributed by atoms with Gasteiger partial charge in [0.2, 0.25) is 12.7 Å². The number of allylic oxidation sites excluding steroid dienone is 2. The Morgan fingerprint density at radius 2 is 1.76 bits per heavy atom. The number of amides is 1. The van der Waals surface area contributed by atoms with E-state index in [1.165, 1.54) is 16.9 Å². The van der Waals surface area contributed by atoms with Crippen LogP contribution in [0.3, 0.4) is 0 Å². The predicted octanol–water partition coefficient (Wildman–Crippen LogP) is 6.37. The standard InChI is InChI=1S/C30H32N4O4/c1-20-25(22-15-17-24(36-4)18-16-22)29(37-19-38-30(35)33(2)3)34-28(31-20)26(21-11-7-5-8-12-21)27(32-34)23-13-9-6-10-14-23/h6,9-11,13-18H,5,7-8,12,19H2,1-4H3. The fourth-order valence-corrected chi connectivity index (χ4v) is 4.78. The average molecular weight is 513 g/mol. The Balaban J connectivity index is 1.73. The Bertz CT molecular complexity index is 1470. The first-order valence-corrected chi connectivity index (χ1v) is 12.8. The minimum atomic E-state index is -0.489. The van der Waals surface area contributed by atoms with E-state index in [2.05, 4.69) is 18.2 Å². The van der Waals surface area contributed by atoms with E-state index in [-0.39, 0.29) is 6.79 Å². The van der Waals surface area contributed by atoms with Gasteiger partial charge in [-0.2, -0.15) is 9.61 Å². The summed E-state index contributed by atoms with van der Waals surface area (Å²) >= 11 is 0. The largest absolute Gasteiger partial charge is 0.497 e. The summed E-state index contributed by atoms with van der Waals surface area (Å²) in [6, 6.07) is 17.8. The normalized spacial score (nSPS) is 13.2. The summed E-state index contributed by atoms with van der Waals surface area (Å²) in [4.78, 5) is 18.5. The molecule has 0 bridgehead atoms. The molecule has 196 valence electrons. The lowest BCUT2D eigenvalue weighted by Gasteiger charge is -2.17. The molecule has 0 fully saturated rings. The molecular formula is C30H32N4O4. The van der Waals surface area contributed by atoms with Gasteiger partial charge in [-0.25, -0.2) is 9.78 Å². The van der Waals surface area contributed by atoms with E-state index < -0.39 is 6.09 Å². The lowest BCUT2D eigenvalue weighted by molar-refractivity contribution is 0.0400. The van der Waals surface area contributed by atoms with E-state index in [4.69, 9.17) is 24.3 Å². The van der Waals surface area contributed by atoms with Crippen molar-refractivity contribution >= 4 is 17.3 Å². The Labute approximate surface area is 222 Å². The van der Waals surface area contributed by atoms with Crippen LogP contribution < -0.4 is 9.47 Å². The molecule has 1 aliphatic carbocycles. The van der Waals surface area contributed by atoms with Crippen LogP contribution in [0.4, 0.5) is 4.79 Å². The molecule has 0 radical (unpaired) electrons. The molecule has 2 aromatic heterocycles. The number of fused-ring (bicyclic) bond motifs is 1. The number of carbonyl (C=O) groups is 1. The van der Waals surface area contributed by atoms with Crippen molar-refractivity contribution in [2.45, 2.75) is 32.6 Å². The van der Waals surface area contributed by atoms with E-state index in [0.29, 0.717) is 5.88 Å². The number of nitrogens with zero attached hydrogens (tertiary/aromatic N) is 4. The zero-order chi connectivity index (χ0) is 26.6. The monoisotopic (exact) mass is 512 g/mol. The van der Waals surface area contributed by atoms with Gasteiger partial charge in [0.15, 0.2) is 5.65 Å². The first kappa shape index (κ1) is 25.3. The number of carbonyl (C=O) groups excluding carboxylic acids is 1. The molecule has 8 nitrogen and oxygen atoms in total. The van der Waals surface area contributed by atoms with Gasteiger partial charge in [-0.3, -0.25) is 0 Å². The first-order valence-electron chi connectivity index (χ1n) is 12.8. The summed E-state index contributed by atoms with van der Waals surface area (Å²) in [5.74, 6) is 1.21. The first-order chi connectivity index (χ1) is 18.5. The zero-order valence-corrected chi connectivity index (χ0v) is 22.2. The molecule has 1 amide bonds. The van der Waals surface area contributed by atoms with Gasteiger partial charge in [0.05, 0.1) is 23.9 Å². The third-order valence-electron chi connectivity index (χ3n) is 6.68. The topological polar surface area (TPSA) is 78.2 Å². The van der Waals surface area contributed by atoms with Crippen molar-refractivity contribution in [1.29, 1.82) is 0 Å². The van der Waals surface area contributed by atoms with Gasteiger partial charge in [-0.1, -0.05) is 48.5 Å². The Hall–Kier alpha value is -4.33. The Morgan fingerprint density at radius 3 is 2.42 bits per heavy atom. The smallest absolute Gasteiger partial charge is 0.412 e. The van der Waals surface area contributed by atoms with Crippen LogP contribution in [0.2, 0.25) is 0 Å². The fourth-order valence-electron chi connectivity index (χ4n) is 4.78. The van der Waals surface area contributed by atoms with Gasteiger partial charge >= 0.3 is 6.09 Å². The molecule has 4 aromatic rings. The lowest BCUT2D eigenvalue weighted by atomic mass is 9.92. The Morgan fingerprint density at radius 1 is 1.00 bits per heavy atom. The van der Waals surface area contributed by atoms with Crippen LogP contribution in [-0.4, -0.2) is 53.6 Å². The molecule has 0 spiro atoms. The summed E-state index contributed by atoms with van der Waals surface area (Å²) in [7, 11) is 4.89. The van der Waals surface area contributed by atoms with Crippen molar-refractivity contribution < 1.29 is 19.0 Å². The van der Waals surface area contributed by atoms with Gasteiger partial charge in [-0.05, 0) is 55.9 Å². The van der Waals surface area contributed by atoms with Gasteiger partial charge in [-0.15, -0.1) is 0 Å². The molecule has 0 aliphatic heterocycles. The third-order valence-corrected chi connectivity index (χ3v) is 6.68. The molecule has 8 heteroatoms. The molecule has 2 heterocycles. The summed E-state index contributed by atoms with van der Waals surface area (Å²) in [6.07, 6.45) is 6.14. The van der Waals surface area contributed by atoms with Crippen LogP contribution in [-0.2, 0) is 4.74 Å². The zero-order valence-electron chi connectivity index (χ0n) is 22.2. The second-order valence-corrected chi connectivity index (χ2v) is 9.47. The number of aryl methyl sites for hydroxylation is 1. The second-order valence-electron chi connectivity index (χ2n) is 9.47. The number of aromatic nitrogens is 3. The Kier molecular flexibility index (Phi) is 7.31. The van der Waals surface area contributed by atoms with Crippen molar-refractivity contribution in [3.63, 3.8) is 0 Å². The predicted molar refractivity (Wildman–Crippen MR) is 147 cm³/mol. The highest BCUT2D eigenvalue weighted by molar-refractivity contribution is 5.89. The van der Waals surface area contributed by atoms with E-state index in [9.17, 15) is 4.79 Å². The summed E-state index contributed by atoms with van der Waals surface area (Å²) in [5, 5.41) is 5.06. The van der Waals surface area contributed by atoms with Crippen molar-refractivity contribution in [2.24, 2.45) is 0 Å². The summed E-state index contributed by atoms with van der Waals surface area (Å²) in [5.41, 5.74) is 7.30. The van der Waals surface area contributed by atoms with Crippen molar-refractivity contribution in [3.05, 3.63) is 71.9 Å². The molecule has 0 unspecified atom stereocenters. The van der Waals surface area contributed by atoms with Gasteiger partial charge in [0.1, 0.15) is 11.4 Å². The van der Waals surface area contributed by atoms with Crippen LogP contribution in [0.15, 0.2) is 60.7 Å². The quantitative estimate of drug-likeness (QED) is 0.268. The maximum atomic E-state index is 12.1. The second kappa shape index (κ2) is 11.0. The maximum absolute atomic E-state index is 12.1. The molecule has 2 aromatic carbocycles. The number of methoxy groups -OCH3 is 1. The number of hydrogen-bond acceptors (Lipinski definition) is 6. The summed E-state index contributed by atoms with van der Waals surface area (Å²) < 4.78 is 18.6. The van der Waals surface area contributed by atoms with Gasteiger partial charge in [0, 0.05) is 19.7 Å². The van der Waals surface area contributed by atoms with Crippen LogP contribution in [0.25, 0.3) is 33.6 Å². The number of rotatable bonds is 7.